The van der Waals surface area contributed by atoms with Crippen molar-refractivity contribution in [2.75, 3.05) is 19.8 Å². The highest BCUT2D eigenvalue weighted by Crippen LogP contribution is 1.93. The molecule has 0 aliphatic heterocycles. The molecule has 0 heterocycles. The smallest absolute Gasteiger partial charge is 0.0856 e. The van der Waals surface area contributed by atoms with Crippen molar-refractivity contribution >= 4 is 24.8 Å². The fourth-order valence-corrected chi connectivity index (χ4v) is 0.150. The minimum absolute atomic E-state index is 0. The first kappa shape index (κ1) is 16.8. The Kier molecular flexibility index (Phi) is 12.6. The summed E-state index contributed by atoms with van der Waals surface area (Å²) in [5.41, 5.74) is 3.94. The Labute approximate surface area is 71.9 Å². The molecular weight excluding hydrogens is 181 g/mol. The summed E-state index contributed by atoms with van der Waals surface area (Å²) < 4.78 is 0. The molecule has 0 aromatic rings. The molecule has 0 rings (SSSR count). The summed E-state index contributed by atoms with van der Waals surface area (Å²) in [6.45, 7) is -1.21. The molecule has 0 bridgehead atoms. The Hall–Kier alpha value is 0.420. The van der Waals surface area contributed by atoms with Gasteiger partial charge in [-0.15, -0.1) is 24.8 Å². The van der Waals surface area contributed by atoms with Crippen molar-refractivity contribution in [2.24, 2.45) is 5.73 Å². The van der Waals surface area contributed by atoms with E-state index in [4.69, 9.17) is 21.1 Å². The number of aliphatic hydroxyl groups is 3. The van der Waals surface area contributed by atoms with Crippen LogP contribution in [0.5, 0.6) is 0 Å². The van der Waals surface area contributed by atoms with Crippen molar-refractivity contribution in [2.45, 2.75) is 5.54 Å². The standard InChI is InChI=1S/C4H11NO3.2ClH/c5-4(1-6,2-7)3-8;;/h6-8H,1-3,5H2;2*1H. The van der Waals surface area contributed by atoms with Gasteiger partial charge in [0.2, 0.25) is 0 Å². The van der Waals surface area contributed by atoms with E-state index in [0.717, 1.165) is 0 Å². The molecule has 0 saturated heterocycles. The van der Waals surface area contributed by atoms with E-state index in [1.807, 2.05) is 0 Å². The second-order valence-corrected chi connectivity index (χ2v) is 1.84. The highest BCUT2D eigenvalue weighted by Gasteiger charge is 2.20. The normalized spacial score (nSPS) is 9.60. The predicted molar refractivity (Wildman–Crippen MR) is 42.7 cm³/mol. The van der Waals surface area contributed by atoms with E-state index >= 15 is 0 Å². The van der Waals surface area contributed by atoms with Crippen molar-refractivity contribution in [3.63, 3.8) is 0 Å². The van der Waals surface area contributed by atoms with Gasteiger partial charge < -0.3 is 21.1 Å². The van der Waals surface area contributed by atoms with Crippen LogP contribution in [0.25, 0.3) is 0 Å². The minimum Gasteiger partial charge on any atom is -0.394 e. The second kappa shape index (κ2) is 7.53. The molecule has 0 aromatic heterocycles. The van der Waals surface area contributed by atoms with Crippen LogP contribution >= 0.6 is 24.8 Å². The van der Waals surface area contributed by atoms with Gasteiger partial charge in [0.05, 0.1) is 25.4 Å². The van der Waals surface area contributed by atoms with E-state index in [0.29, 0.717) is 0 Å². The minimum atomic E-state index is -1.21. The van der Waals surface area contributed by atoms with Gasteiger partial charge in [-0.25, -0.2) is 0 Å². The molecule has 0 unspecified atom stereocenters. The fourth-order valence-electron chi connectivity index (χ4n) is 0.150. The Balaban J connectivity index is -0.000000245. The van der Waals surface area contributed by atoms with Gasteiger partial charge in [0.25, 0.3) is 0 Å². The van der Waals surface area contributed by atoms with Crippen LogP contribution in [0.15, 0.2) is 0 Å². The average molecular weight is 194 g/mol. The lowest BCUT2D eigenvalue weighted by Gasteiger charge is -2.20. The Morgan fingerprint density at radius 2 is 1.10 bits per heavy atom. The third-order valence-electron chi connectivity index (χ3n) is 0.945. The van der Waals surface area contributed by atoms with Crippen LogP contribution in [0, 0.1) is 0 Å². The van der Waals surface area contributed by atoms with Crippen molar-refractivity contribution in [3.05, 3.63) is 0 Å². The maximum absolute atomic E-state index is 8.34. The maximum atomic E-state index is 8.34. The van der Waals surface area contributed by atoms with Crippen molar-refractivity contribution in [1.82, 2.24) is 0 Å². The van der Waals surface area contributed by atoms with E-state index in [2.05, 4.69) is 0 Å². The summed E-state index contributed by atoms with van der Waals surface area (Å²) in [5, 5.41) is 25.0. The zero-order valence-corrected chi connectivity index (χ0v) is 6.99. The zero-order chi connectivity index (χ0) is 6.62. The molecule has 0 saturated carbocycles. The van der Waals surface area contributed by atoms with E-state index in [1.54, 1.807) is 0 Å². The molecule has 0 atom stereocenters. The molecule has 10 heavy (non-hydrogen) atoms. The van der Waals surface area contributed by atoms with Gasteiger partial charge in [0.15, 0.2) is 0 Å². The Morgan fingerprint density at radius 1 is 0.900 bits per heavy atom. The van der Waals surface area contributed by atoms with Gasteiger partial charge in [0, 0.05) is 0 Å². The number of aliphatic hydroxyl groups excluding tert-OH is 3. The molecule has 6 heteroatoms. The third kappa shape index (κ3) is 5.22. The number of nitrogens with two attached hydrogens (primary N) is 1. The summed E-state index contributed by atoms with van der Waals surface area (Å²) in [6, 6.07) is 0. The molecule has 4 nitrogen and oxygen atoms in total. The molecule has 0 spiro atoms. The van der Waals surface area contributed by atoms with Crippen LogP contribution in [-0.2, 0) is 0 Å². The second-order valence-electron chi connectivity index (χ2n) is 1.84. The van der Waals surface area contributed by atoms with E-state index in [9.17, 15) is 0 Å². The molecule has 0 aliphatic rings. The summed E-state index contributed by atoms with van der Waals surface area (Å²) in [6.07, 6.45) is 0. The van der Waals surface area contributed by atoms with Gasteiger partial charge in [-0.05, 0) is 0 Å². The van der Waals surface area contributed by atoms with Gasteiger partial charge in [-0.1, -0.05) is 0 Å². The summed E-state index contributed by atoms with van der Waals surface area (Å²) in [4.78, 5) is 0. The fraction of sp³-hybridized carbons (Fsp3) is 1.00. The average Bonchev–Trinajstić information content (AvgIpc) is 1.87. The van der Waals surface area contributed by atoms with E-state index < -0.39 is 25.4 Å². The van der Waals surface area contributed by atoms with Crippen LogP contribution in [-0.4, -0.2) is 40.7 Å². The maximum Gasteiger partial charge on any atom is 0.0856 e. The highest BCUT2D eigenvalue weighted by molar-refractivity contribution is 5.85. The largest absolute Gasteiger partial charge is 0.394 e. The topological polar surface area (TPSA) is 86.7 Å². The lowest BCUT2D eigenvalue weighted by Crippen LogP contribution is -2.50. The van der Waals surface area contributed by atoms with Crippen LogP contribution in [0.1, 0.15) is 0 Å². The zero-order valence-electron chi connectivity index (χ0n) is 5.36. The highest BCUT2D eigenvalue weighted by atomic mass is 35.5. The lowest BCUT2D eigenvalue weighted by molar-refractivity contribution is 0.0698. The van der Waals surface area contributed by atoms with Gasteiger partial charge in [-0.3, -0.25) is 0 Å². The van der Waals surface area contributed by atoms with E-state index in [1.165, 1.54) is 0 Å². The van der Waals surface area contributed by atoms with Gasteiger partial charge in [0.1, 0.15) is 0 Å². The van der Waals surface area contributed by atoms with Crippen LogP contribution < -0.4 is 5.73 Å². The van der Waals surface area contributed by atoms with Crippen molar-refractivity contribution in [3.8, 4) is 0 Å². The molecule has 0 aromatic carbocycles. The SMILES string of the molecule is Cl.Cl.NC(CO)(CO)CO. The first-order chi connectivity index (χ1) is 3.68. The van der Waals surface area contributed by atoms with Gasteiger partial charge >= 0.3 is 0 Å². The van der Waals surface area contributed by atoms with Crippen LogP contribution in [0.4, 0.5) is 0 Å². The van der Waals surface area contributed by atoms with Crippen LogP contribution in [0.3, 0.4) is 0 Å². The first-order valence-corrected chi connectivity index (χ1v) is 2.30. The monoisotopic (exact) mass is 193 g/mol. The van der Waals surface area contributed by atoms with E-state index in [-0.39, 0.29) is 24.8 Å². The third-order valence-corrected chi connectivity index (χ3v) is 0.945. The predicted octanol–water partition coefficient (Wildman–Crippen LogP) is -1.50. The van der Waals surface area contributed by atoms with Crippen molar-refractivity contribution < 1.29 is 15.3 Å². The van der Waals surface area contributed by atoms with Gasteiger partial charge in [-0.2, -0.15) is 0 Å². The summed E-state index contributed by atoms with van der Waals surface area (Å²) >= 11 is 0. The molecule has 5 N–H and O–H groups in total. The first-order valence-electron chi connectivity index (χ1n) is 2.30. The number of hydrogen-bond acceptors (Lipinski definition) is 4. The van der Waals surface area contributed by atoms with Crippen molar-refractivity contribution in [1.29, 1.82) is 0 Å². The summed E-state index contributed by atoms with van der Waals surface area (Å²) in [7, 11) is 0. The molecule has 66 valence electrons. The Bertz CT molecular complexity index is 61.3. The number of halogens is 2. The Morgan fingerprint density at radius 3 is 1.10 bits per heavy atom. The number of rotatable bonds is 3. The summed E-state index contributed by atoms with van der Waals surface area (Å²) in [5.74, 6) is 0. The quantitative estimate of drug-likeness (QED) is 0.440. The molecule has 0 fully saturated rings. The lowest BCUT2D eigenvalue weighted by atomic mass is 10.1. The molecule has 0 aliphatic carbocycles. The number of hydrogen-bond donors (Lipinski definition) is 4. The van der Waals surface area contributed by atoms with Crippen LogP contribution in [0.2, 0.25) is 0 Å². The molecular formula is C4H13Cl2NO3. The molecule has 0 amide bonds. The molecule has 0 radical (unpaired) electrons.